The zero-order valence-corrected chi connectivity index (χ0v) is 13.5. The fraction of sp³-hybridized carbons (Fsp3) is 0.923. The van der Waals surface area contributed by atoms with Crippen molar-refractivity contribution in [1.82, 2.24) is 9.62 Å². The fourth-order valence-corrected chi connectivity index (χ4v) is 3.56. The molecule has 0 spiro atoms. The highest BCUT2D eigenvalue weighted by Crippen LogP contribution is 2.26. The Morgan fingerprint density at radius 3 is 2.45 bits per heavy atom. The third-order valence-corrected chi connectivity index (χ3v) is 5.68. The van der Waals surface area contributed by atoms with E-state index in [9.17, 15) is 13.2 Å². The third-order valence-electron chi connectivity index (χ3n) is 4.41. The molecule has 1 fully saturated rings. The van der Waals surface area contributed by atoms with Crippen LogP contribution in [0.15, 0.2) is 0 Å². The van der Waals surface area contributed by atoms with Crippen molar-refractivity contribution >= 4 is 15.9 Å². The van der Waals surface area contributed by atoms with Crippen LogP contribution < -0.4 is 11.1 Å². The van der Waals surface area contributed by atoms with Gasteiger partial charge in [-0.1, -0.05) is 13.8 Å². The standard InChI is InChI=1S/C13H27N3O3S/c1-4-13(5-2,10-14)12(17)15-11-7-6-8-16(9-11)20(3,18)19/h11H,4-10,14H2,1-3H3,(H,15,17). The first-order valence-corrected chi connectivity index (χ1v) is 9.10. The molecule has 1 aliphatic rings. The number of carbonyl (C=O) groups is 1. The molecule has 3 N–H and O–H groups in total. The molecule has 0 aromatic carbocycles. The van der Waals surface area contributed by atoms with Crippen molar-refractivity contribution in [3.63, 3.8) is 0 Å². The van der Waals surface area contributed by atoms with Crippen molar-refractivity contribution in [1.29, 1.82) is 0 Å². The molecule has 20 heavy (non-hydrogen) atoms. The zero-order chi connectivity index (χ0) is 15.4. The Morgan fingerprint density at radius 1 is 1.40 bits per heavy atom. The SMILES string of the molecule is CCC(CC)(CN)C(=O)NC1CCCN(S(C)(=O)=O)C1. The molecule has 1 amide bonds. The van der Waals surface area contributed by atoms with Gasteiger partial charge in [0.1, 0.15) is 0 Å². The molecule has 0 aliphatic carbocycles. The molecule has 1 heterocycles. The summed E-state index contributed by atoms with van der Waals surface area (Å²) in [5, 5.41) is 2.99. The van der Waals surface area contributed by atoms with Gasteiger partial charge in [0.25, 0.3) is 0 Å². The maximum atomic E-state index is 12.4. The van der Waals surface area contributed by atoms with Gasteiger partial charge in [-0.25, -0.2) is 12.7 Å². The number of nitrogens with two attached hydrogens (primary N) is 1. The van der Waals surface area contributed by atoms with Gasteiger partial charge >= 0.3 is 0 Å². The molecule has 1 atom stereocenters. The van der Waals surface area contributed by atoms with Gasteiger partial charge in [0.15, 0.2) is 0 Å². The molecule has 0 aromatic heterocycles. The van der Waals surface area contributed by atoms with Gasteiger partial charge < -0.3 is 11.1 Å². The summed E-state index contributed by atoms with van der Waals surface area (Å²) in [6.45, 7) is 5.13. The monoisotopic (exact) mass is 305 g/mol. The van der Waals surface area contributed by atoms with Gasteiger partial charge in [0, 0.05) is 25.7 Å². The summed E-state index contributed by atoms with van der Waals surface area (Å²) in [7, 11) is -3.19. The van der Waals surface area contributed by atoms with Crippen LogP contribution in [0, 0.1) is 5.41 Å². The summed E-state index contributed by atoms with van der Waals surface area (Å²) >= 11 is 0. The van der Waals surface area contributed by atoms with Crippen LogP contribution in [0.1, 0.15) is 39.5 Å². The molecule has 7 heteroatoms. The average Bonchev–Trinajstić information content (AvgIpc) is 2.41. The number of amides is 1. The number of nitrogens with zero attached hydrogens (tertiary/aromatic N) is 1. The van der Waals surface area contributed by atoms with Gasteiger partial charge in [-0.3, -0.25) is 4.79 Å². The van der Waals surface area contributed by atoms with Crippen LogP contribution in [0.2, 0.25) is 0 Å². The highest BCUT2D eigenvalue weighted by Gasteiger charge is 2.36. The number of rotatable bonds is 6. The van der Waals surface area contributed by atoms with Crippen molar-refractivity contribution in [3.05, 3.63) is 0 Å². The Hall–Kier alpha value is -0.660. The van der Waals surface area contributed by atoms with E-state index in [1.54, 1.807) is 0 Å². The quantitative estimate of drug-likeness (QED) is 0.738. The lowest BCUT2D eigenvalue weighted by Gasteiger charge is -2.35. The summed E-state index contributed by atoms with van der Waals surface area (Å²) in [5.41, 5.74) is 5.23. The van der Waals surface area contributed by atoms with E-state index in [1.165, 1.54) is 10.6 Å². The molecular formula is C13H27N3O3S. The number of sulfonamides is 1. The maximum Gasteiger partial charge on any atom is 0.227 e. The summed E-state index contributed by atoms with van der Waals surface area (Å²) in [6, 6.07) is -0.116. The second-order valence-electron chi connectivity index (χ2n) is 5.63. The van der Waals surface area contributed by atoms with Gasteiger partial charge in [-0.2, -0.15) is 0 Å². The molecule has 0 radical (unpaired) electrons. The Kier molecular flexibility index (Phi) is 5.97. The first-order chi connectivity index (χ1) is 9.29. The lowest BCUT2D eigenvalue weighted by Crippen LogP contribution is -2.54. The summed E-state index contributed by atoms with van der Waals surface area (Å²) < 4.78 is 24.6. The van der Waals surface area contributed by atoms with Crippen molar-refractivity contribution in [2.24, 2.45) is 11.1 Å². The van der Waals surface area contributed by atoms with Crippen LogP contribution in [0.25, 0.3) is 0 Å². The molecule has 118 valence electrons. The van der Waals surface area contributed by atoms with Gasteiger partial charge in [0.05, 0.1) is 11.7 Å². The molecule has 1 rings (SSSR count). The second kappa shape index (κ2) is 6.87. The minimum atomic E-state index is -3.19. The largest absolute Gasteiger partial charge is 0.352 e. The molecule has 1 saturated heterocycles. The Labute approximate surface area is 122 Å². The first-order valence-electron chi connectivity index (χ1n) is 7.25. The maximum absolute atomic E-state index is 12.4. The number of carbonyl (C=O) groups excluding carboxylic acids is 1. The highest BCUT2D eigenvalue weighted by atomic mass is 32.2. The first kappa shape index (κ1) is 17.4. The predicted octanol–water partition coefficient (Wildman–Crippen LogP) is 0.292. The Balaban J connectivity index is 2.71. The molecule has 0 aromatic rings. The highest BCUT2D eigenvalue weighted by molar-refractivity contribution is 7.88. The molecule has 0 bridgehead atoms. The summed E-state index contributed by atoms with van der Waals surface area (Å²) in [4.78, 5) is 12.4. The number of nitrogens with one attached hydrogen (secondary N) is 1. The van der Waals surface area contributed by atoms with Gasteiger partial charge in [0.2, 0.25) is 15.9 Å². The minimum absolute atomic E-state index is 0.0506. The second-order valence-corrected chi connectivity index (χ2v) is 7.61. The van der Waals surface area contributed by atoms with Crippen LogP contribution in [0.4, 0.5) is 0 Å². The van der Waals surface area contributed by atoms with Crippen LogP contribution >= 0.6 is 0 Å². The molecular weight excluding hydrogens is 278 g/mol. The van der Waals surface area contributed by atoms with Crippen molar-refractivity contribution in [2.45, 2.75) is 45.6 Å². The molecule has 1 aliphatic heterocycles. The predicted molar refractivity (Wildman–Crippen MR) is 79.7 cm³/mol. The number of hydrogen-bond acceptors (Lipinski definition) is 4. The van der Waals surface area contributed by atoms with Crippen LogP contribution in [0.5, 0.6) is 0 Å². The van der Waals surface area contributed by atoms with Crippen molar-refractivity contribution in [3.8, 4) is 0 Å². The van der Waals surface area contributed by atoms with E-state index in [-0.39, 0.29) is 11.9 Å². The smallest absolute Gasteiger partial charge is 0.227 e. The zero-order valence-electron chi connectivity index (χ0n) is 12.7. The minimum Gasteiger partial charge on any atom is -0.352 e. The molecule has 1 unspecified atom stereocenters. The van der Waals surface area contributed by atoms with E-state index >= 15 is 0 Å². The van der Waals surface area contributed by atoms with Crippen molar-refractivity contribution < 1.29 is 13.2 Å². The van der Waals surface area contributed by atoms with Crippen LogP contribution in [-0.4, -0.2) is 50.6 Å². The number of hydrogen-bond donors (Lipinski definition) is 2. The third kappa shape index (κ3) is 3.93. The van der Waals surface area contributed by atoms with E-state index in [4.69, 9.17) is 5.73 Å². The van der Waals surface area contributed by atoms with E-state index in [0.29, 0.717) is 32.5 Å². The van der Waals surface area contributed by atoms with Gasteiger partial charge in [-0.05, 0) is 25.7 Å². The number of piperidine rings is 1. The van der Waals surface area contributed by atoms with E-state index in [0.717, 1.165) is 12.8 Å². The fourth-order valence-electron chi connectivity index (χ4n) is 2.65. The summed E-state index contributed by atoms with van der Waals surface area (Å²) in [6.07, 6.45) is 4.17. The summed E-state index contributed by atoms with van der Waals surface area (Å²) in [5.74, 6) is -0.0506. The van der Waals surface area contributed by atoms with E-state index < -0.39 is 15.4 Å². The topological polar surface area (TPSA) is 92.5 Å². The lowest BCUT2D eigenvalue weighted by molar-refractivity contribution is -0.132. The normalized spacial score (nSPS) is 21.7. The molecule has 0 saturated carbocycles. The average molecular weight is 305 g/mol. The Bertz CT molecular complexity index is 424. The van der Waals surface area contributed by atoms with Crippen molar-refractivity contribution in [2.75, 3.05) is 25.9 Å². The van der Waals surface area contributed by atoms with E-state index in [2.05, 4.69) is 5.32 Å². The van der Waals surface area contributed by atoms with Crippen LogP contribution in [0.3, 0.4) is 0 Å². The van der Waals surface area contributed by atoms with E-state index in [1.807, 2.05) is 13.8 Å². The van der Waals surface area contributed by atoms with Crippen LogP contribution in [-0.2, 0) is 14.8 Å². The molecule has 6 nitrogen and oxygen atoms in total. The van der Waals surface area contributed by atoms with Gasteiger partial charge in [-0.15, -0.1) is 0 Å². The lowest BCUT2D eigenvalue weighted by atomic mass is 9.81. The Morgan fingerprint density at radius 2 is 2.00 bits per heavy atom.